The van der Waals surface area contributed by atoms with Crippen LogP contribution in [0.1, 0.15) is 10.9 Å². The molecule has 0 spiro atoms. The van der Waals surface area contributed by atoms with Crippen molar-refractivity contribution in [1.29, 1.82) is 0 Å². The van der Waals surface area contributed by atoms with E-state index >= 15 is 0 Å². The van der Waals surface area contributed by atoms with E-state index in [4.69, 9.17) is 11.6 Å². The van der Waals surface area contributed by atoms with E-state index in [0.717, 1.165) is 11.2 Å². The van der Waals surface area contributed by atoms with Crippen molar-refractivity contribution in [3.63, 3.8) is 0 Å². The standard InChI is InChI=1S/C7H8ClNOS/c1-9-5(4-10)6-2-3-7(8)11-6/h2-5,9H,1H3. The molecule has 1 N–H and O–H groups in total. The number of likely N-dealkylation sites (N-methyl/N-ethyl adjacent to an activating group) is 1. The molecule has 4 heteroatoms. The van der Waals surface area contributed by atoms with Gasteiger partial charge >= 0.3 is 0 Å². The minimum absolute atomic E-state index is 0.215. The Morgan fingerprint density at radius 3 is 2.82 bits per heavy atom. The summed E-state index contributed by atoms with van der Waals surface area (Å²) < 4.78 is 0.710. The summed E-state index contributed by atoms with van der Waals surface area (Å²) in [6, 6.07) is 3.42. The first kappa shape index (κ1) is 8.71. The minimum atomic E-state index is -0.215. The van der Waals surface area contributed by atoms with E-state index in [2.05, 4.69) is 5.32 Å². The molecule has 1 aromatic rings. The van der Waals surface area contributed by atoms with Gasteiger partial charge in [0.15, 0.2) is 0 Å². The van der Waals surface area contributed by atoms with Gasteiger partial charge in [0, 0.05) is 4.88 Å². The average molecular weight is 190 g/mol. The van der Waals surface area contributed by atoms with Gasteiger partial charge in [0.25, 0.3) is 0 Å². The van der Waals surface area contributed by atoms with Gasteiger partial charge in [-0.1, -0.05) is 11.6 Å². The molecule has 1 heterocycles. The van der Waals surface area contributed by atoms with Crippen LogP contribution in [-0.2, 0) is 4.79 Å². The molecule has 0 fully saturated rings. The van der Waals surface area contributed by atoms with E-state index in [-0.39, 0.29) is 6.04 Å². The van der Waals surface area contributed by atoms with Gasteiger partial charge in [0.05, 0.1) is 10.4 Å². The first-order valence-corrected chi connectivity index (χ1v) is 4.35. The Morgan fingerprint density at radius 2 is 2.45 bits per heavy atom. The summed E-state index contributed by atoms with van der Waals surface area (Å²) in [5.41, 5.74) is 0. The Labute approximate surface area is 74.2 Å². The number of carbonyl (C=O) groups is 1. The Bertz CT molecular complexity index is 248. The molecule has 0 aliphatic heterocycles. The lowest BCUT2D eigenvalue weighted by Gasteiger charge is -2.03. The molecule has 0 aliphatic carbocycles. The zero-order valence-corrected chi connectivity index (χ0v) is 7.58. The second kappa shape index (κ2) is 3.85. The van der Waals surface area contributed by atoms with Crippen molar-refractivity contribution >= 4 is 29.2 Å². The van der Waals surface area contributed by atoms with Crippen molar-refractivity contribution in [3.05, 3.63) is 21.3 Å². The Kier molecular flexibility index (Phi) is 3.05. The van der Waals surface area contributed by atoms with Crippen LogP contribution >= 0.6 is 22.9 Å². The lowest BCUT2D eigenvalue weighted by atomic mass is 10.3. The fourth-order valence-corrected chi connectivity index (χ4v) is 1.90. The van der Waals surface area contributed by atoms with Crippen LogP contribution in [-0.4, -0.2) is 13.3 Å². The third kappa shape index (κ3) is 2.02. The highest BCUT2D eigenvalue weighted by atomic mass is 35.5. The van der Waals surface area contributed by atoms with Gasteiger partial charge in [-0.3, -0.25) is 0 Å². The van der Waals surface area contributed by atoms with Crippen molar-refractivity contribution < 1.29 is 4.79 Å². The summed E-state index contributed by atoms with van der Waals surface area (Å²) in [4.78, 5) is 11.4. The first-order chi connectivity index (χ1) is 5.27. The molecule has 2 nitrogen and oxygen atoms in total. The van der Waals surface area contributed by atoms with Crippen LogP contribution in [0.3, 0.4) is 0 Å². The number of halogens is 1. The predicted molar refractivity (Wildman–Crippen MR) is 47.2 cm³/mol. The zero-order chi connectivity index (χ0) is 8.27. The molecule has 0 amide bonds. The minimum Gasteiger partial charge on any atom is -0.306 e. The van der Waals surface area contributed by atoms with E-state index in [1.807, 2.05) is 6.07 Å². The van der Waals surface area contributed by atoms with Gasteiger partial charge in [0.2, 0.25) is 0 Å². The average Bonchev–Trinajstić information content (AvgIpc) is 2.39. The number of thiophene rings is 1. The number of aldehydes is 1. The quantitative estimate of drug-likeness (QED) is 0.736. The molecule has 1 unspecified atom stereocenters. The fraction of sp³-hybridized carbons (Fsp3) is 0.286. The highest BCUT2D eigenvalue weighted by molar-refractivity contribution is 7.16. The van der Waals surface area contributed by atoms with Gasteiger partial charge in [-0.25, -0.2) is 0 Å². The highest BCUT2D eigenvalue weighted by Crippen LogP contribution is 2.25. The van der Waals surface area contributed by atoms with E-state index in [0.29, 0.717) is 4.34 Å². The molecular formula is C7H8ClNOS. The maximum atomic E-state index is 10.4. The second-order valence-corrected chi connectivity index (χ2v) is 3.79. The van der Waals surface area contributed by atoms with Crippen molar-refractivity contribution in [2.75, 3.05) is 7.05 Å². The maximum Gasteiger partial charge on any atom is 0.142 e. The molecule has 1 aromatic heterocycles. The van der Waals surface area contributed by atoms with Crippen LogP contribution < -0.4 is 5.32 Å². The topological polar surface area (TPSA) is 29.1 Å². The third-order valence-corrected chi connectivity index (χ3v) is 2.66. The maximum absolute atomic E-state index is 10.4. The SMILES string of the molecule is CNC(C=O)c1ccc(Cl)s1. The first-order valence-electron chi connectivity index (χ1n) is 3.15. The molecule has 0 bridgehead atoms. The van der Waals surface area contributed by atoms with Crippen molar-refractivity contribution in [3.8, 4) is 0 Å². The molecule has 0 aromatic carbocycles. The Morgan fingerprint density at radius 1 is 1.73 bits per heavy atom. The van der Waals surface area contributed by atoms with E-state index in [9.17, 15) is 4.79 Å². The summed E-state index contributed by atoms with van der Waals surface area (Å²) in [5.74, 6) is 0. The smallest absolute Gasteiger partial charge is 0.142 e. The second-order valence-electron chi connectivity index (χ2n) is 2.04. The molecule has 0 saturated heterocycles. The predicted octanol–water partition coefficient (Wildman–Crippen LogP) is 1.86. The zero-order valence-electron chi connectivity index (χ0n) is 6.00. The lowest BCUT2D eigenvalue weighted by Crippen LogP contribution is -2.15. The molecule has 1 rings (SSSR count). The summed E-state index contributed by atoms with van der Waals surface area (Å²) >= 11 is 7.11. The van der Waals surface area contributed by atoms with Gasteiger partial charge in [-0.2, -0.15) is 0 Å². The van der Waals surface area contributed by atoms with Gasteiger partial charge in [-0.15, -0.1) is 11.3 Å². The van der Waals surface area contributed by atoms with Crippen LogP contribution in [0, 0.1) is 0 Å². The summed E-state index contributed by atoms with van der Waals surface area (Å²) in [7, 11) is 1.74. The Balaban J connectivity index is 2.81. The highest BCUT2D eigenvalue weighted by Gasteiger charge is 2.08. The van der Waals surface area contributed by atoms with Crippen LogP contribution in [0.2, 0.25) is 4.34 Å². The van der Waals surface area contributed by atoms with Crippen molar-refractivity contribution in [2.45, 2.75) is 6.04 Å². The fourth-order valence-electron chi connectivity index (χ4n) is 0.773. The summed E-state index contributed by atoms with van der Waals surface area (Å²) in [6.45, 7) is 0. The lowest BCUT2D eigenvalue weighted by molar-refractivity contribution is -0.109. The summed E-state index contributed by atoms with van der Waals surface area (Å²) in [6.07, 6.45) is 0.863. The molecule has 60 valence electrons. The summed E-state index contributed by atoms with van der Waals surface area (Å²) in [5, 5.41) is 2.87. The number of rotatable bonds is 3. The van der Waals surface area contributed by atoms with Gasteiger partial charge in [-0.05, 0) is 19.2 Å². The molecule has 0 radical (unpaired) electrons. The van der Waals surface area contributed by atoms with Crippen LogP contribution in [0.25, 0.3) is 0 Å². The number of nitrogens with one attached hydrogen (secondary N) is 1. The van der Waals surface area contributed by atoms with E-state index in [1.54, 1.807) is 13.1 Å². The van der Waals surface area contributed by atoms with Crippen LogP contribution in [0.5, 0.6) is 0 Å². The molecule has 0 saturated carbocycles. The monoisotopic (exact) mass is 189 g/mol. The molecular weight excluding hydrogens is 182 g/mol. The molecule has 1 atom stereocenters. The number of hydrogen-bond donors (Lipinski definition) is 1. The van der Waals surface area contributed by atoms with E-state index < -0.39 is 0 Å². The normalized spacial score (nSPS) is 12.9. The molecule has 0 aliphatic rings. The van der Waals surface area contributed by atoms with Crippen molar-refractivity contribution in [1.82, 2.24) is 5.32 Å². The molecule has 11 heavy (non-hydrogen) atoms. The number of carbonyl (C=O) groups excluding carboxylic acids is 1. The largest absolute Gasteiger partial charge is 0.306 e. The van der Waals surface area contributed by atoms with Crippen molar-refractivity contribution in [2.24, 2.45) is 0 Å². The van der Waals surface area contributed by atoms with E-state index in [1.165, 1.54) is 11.3 Å². The van der Waals surface area contributed by atoms with Crippen LogP contribution in [0.15, 0.2) is 12.1 Å². The third-order valence-electron chi connectivity index (χ3n) is 1.35. The van der Waals surface area contributed by atoms with Gasteiger partial charge < -0.3 is 10.1 Å². The number of hydrogen-bond acceptors (Lipinski definition) is 3. The van der Waals surface area contributed by atoms with Gasteiger partial charge in [0.1, 0.15) is 6.29 Å². The van der Waals surface area contributed by atoms with Crippen LogP contribution in [0.4, 0.5) is 0 Å². The Hall–Kier alpha value is -0.380.